The molecule has 0 radical (unpaired) electrons. The van der Waals surface area contributed by atoms with Gasteiger partial charge in [-0.1, -0.05) is 18.2 Å². The molecule has 1 saturated carbocycles. The standard InChI is InChI=1S/C16H16FN5/c17-13-4-2-1-3-12(13)8-22-10-21-14-15(18-7-11-5-6-11)19-9-20-16(14)22/h1-4,9-11H,5-8H2,(H,18,19,20). The first kappa shape index (κ1) is 13.2. The Morgan fingerprint density at radius 3 is 2.86 bits per heavy atom. The van der Waals surface area contributed by atoms with Crippen LogP contribution < -0.4 is 5.32 Å². The van der Waals surface area contributed by atoms with Gasteiger partial charge in [0.1, 0.15) is 17.7 Å². The first-order valence-corrected chi connectivity index (χ1v) is 7.44. The fourth-order valence-corrected chi connectivity index (χ4v) is 2.50. The fraction of sp³-hybridized carbons (Fsp3) is 0.312. The number of anilines is 1. The van der Waals surface area contributed by atoms with Gasteiger partial charge >= 0.3 is 0 Å². The molecule has 0 amide bonds. The van der Waals surface area contributed by atoms with Crippen LogP contribution in [-0.2, 0) is 6.54 Å². The Morgan fingerprint density at radius 1 is 1.18 bits per heavy atom. The van der Waals surface area contributed by atoms with Crippen LogP contribution in [0.5, 0.6) is 0 Å². The van der Waals surface area contributed by atoms with E-state index in [0.717, 1.165) is 29.4 Å². The van der Waals surface area contributed by atoms with Crippen molar-refractivity contribution in [2.75, 3.05) is 11.9 Å². The summed E-state index contributed by atoms with van der Waals surface area (Å²) in [6.45, 7) is 1.33. The molecule has 1 N–H and O–H groups in total. The largest absolute Gasteiger partial charge is 0.368 e. The minimum Gasteiger partial charge on any atom is -0.368 e. The van der Waals surface area contributed by atoms with E-state index in [1.54, 1.807) is 18.5 Å². The van der Waals surface area contributed by atoms with Gasteiger partial charge in [0, 0.05) is 12.1 Å². The third kappa shape index (κ3) is 2.52. The molecule has 3 aromatic rings. The molecule has 4 rings (SSSR count). The van der Waals surface area contributed by atoms with Crippen LogP contribution in [0.1, 0.15) is 18.4 Å². The second-order valence-electron chi connectivity index (χ2n) is 5.68. The average Bonchev–Trinajstić information content (AvgIpc) is 3.28. The Morgan fingerprint density at radius 2 is 2.05 bits per heavy atom. The van der Waals surface area contributed by atoms with Crippen LogP contribution in [0.25, 0.3) is 11.2 Å². The Kier molecular flexibility index (Phi) is 3.21. The number of halogens is 1. The van der Waals surface area contributed by atoms with Crippen molar-refractivity contribution in [1.29, 1.82) is 0 Å². The first-order chi connectivity index (χ1) is 10.8. The van der Waals surface area contributed by atoms with Gasteiger partial charge in [0.05, 0.1) is 12.9 Å². The molecule has 2 aromatic heterocycles. The van der Waals surface area contributed by atoms with Gasteiger partial charge in [-0.05, 0) is 24.8 Å². The van der Waals surface area contributed by atoms with E-state index in [2.05, 4.69) is 20.3 Å². The van der Waals surface area contributed by atoms with Crippen molar-refractivity contribution >= 4 is 17.0 Å². The van der Waals surface area contributed by atoms with E-state index in [4.69, 9.17) is 0 Å². The maximum Gasteiger partial charge on any atom is 0.165 e. The zero-order valence-corrected chi connectivity index (χ0v) is 12.0. The molecular weight excluding hydrogens is 281 g/mol. The number of benzene rings is 1. The fourth-order valence-electron chi connectivity index (χ4n) is 2.50. The van der Waals surface area contributed by atoms with Crippen molar-refractivity contribution in [1.82, 2.24) is 19.5 Å². The van der Waals surface area contributed by atoms with E-state index in [-0.39, 0.29) is 5.82 Å². The Bertz CT molecular complexity index is 809. The van der Waals surface area contributed by atoms with E-state index in [1.165, 1.54) is 25.2 Å². The highest BCUT2D eigenvalue weighted by Gasteiger charge is 2.21. The summed E-state index contributed by atoms with van der Waals surface area (Å²) in [7, 11) is 0. The molecule has 0 spiro atoms. The minimum atomic E-state index is -0.217. The quantitative estimate of drug-likeness (QED) is 0.787. The lowest BCUT2D eigenvalue weighted by Crippen LogP contribution is -2.06. The van der Waals surface area contributed by atoms with Gasteiger partial charge in [0.25, 0.3) is 0 Å². The van der Waals surface area contributed by atoms with Crippen LogP contribution in [0, 0.1) is 11.7 Å². The number of aromatic nitrogens is 4. The van der Waals surface area contributed by atoms with Crippen LogP contribution in [-0.4, -0.2) is 26.1 Å². The summed E-state index contributed by atoms with van der Waals surface area (Å²) in [5.74, 6) is 1.29. The summed E-state index contributed by atoms with van der Waals surface area (Å²) in [5, 5.41) is 3.34. The predicted octanol–water partition coefficient (Wildman–Crippen LogP) is 2.84. The molecule has 1 fully saturated rings. The molecule has 1 aromatic carbocycles. The van der Waals surface area contributed by atoms with Crippen molar-refractivity contribution in [3.63, 3.8) is 0 Å². The third-order valence-electron chi connectivity index (χ3n) is 3.95. The predicted molar refractivity (Wildman–Crippen MR) is 82.0 cm³/mol. The summed E-state index contributed by atoms with van der Waals surface area (Å²) >= 11 is 0. The summed E-state index contributed by atoms with van der Waals surface area (Å²) < 4.78 is 15.6. The van der Waals surface area contributed by atoms with Crippen molar-refractivity contribution < 1.29 is 4.39 Å². The van der Waals surface area contributed by atoms with Gasteiger partial charge in [0.2, 0.25) is 0 Å². The second-order valence-corrected chi connectivity index (χ2v) is 5.68. The van der Waals surface area contributed by atoms with Gasteiger partial charge < -0.3 is 9.88 Å². The highest BCUT2D eigenvalue weighted by Crippen LogP contribution is 2.29. The lowest BCUT2D eigenvalue weighted by Gasteiger charge is -2.07. The highest BCUT2D eigenvalue weighted by atomic mass is 19.1. The van der Waals surface area contributed by atoms with E-state index >= 15 is 0 Å². The number of imidazole rings is 1. The van der Waals surface area contributed by atoms with Crippen molar-refractivity contribution in [3.05, 3.63) is 48.3 Å². The molecule has 5 nitrogen and oxygen atoms in total. The van der Waals surface area contributed by atoms with E-state index in [1.807, 2.05) is 10.6 Å². The van der Waals surface area contributed by atoms with Crippen LogP contribution in [0.3, 0.4) is 0 Å². The molecule has 6 heteroatoms. The number of nitrogens with one attached hydrogen (secondary N) is 1. The number of hydrogen-bond donors (Lipinski definition) is 1. The molecule has 22 heavy (non-hydrogen) atoms. The Balaban J connectivity index is 1.64. The monoisotopic (exact) mass is 297 g/mol. The van der Waals surface area contributed by atoms with E-state index in [9.17, 15) is 4.39 Å². The van der Waals surface area contributed by atoms with Crippen LogP contribution in [0.4, 0.5) is 10.2 Å². The topological polar surface area (TPSA) is 55.6 Å². The molecule has 1 aliphatic carbocycles. The molecule has 0 atom stereocenters. The van der Waals surface area contributed by atoms with Gasteiger partial charge in [-0.25, -0.2) is 19.3 Å². The zero-order chi connectivity index (χ0) is 14.9. The number of nitrogens with zero attached hydrogens (tertiary/aromatic N) is 4. The third-order valence-corrected chi connectivity index (χ3v) is 3.95. The number of hydrogen-bond acceptors (Lipinski definition) is 4. The van der Waals surface area contributed by atoms with Crippen molar-refractivity contribution in [2.24, 2.45) is 5.92 Å². The van der Waals surface area contributed by atoms with Gasteiger partial charge in [-0.15, -0.1) is 0 Å². The lowest BCUT2D eigenvalue weighted by atomic mass is 10.2. The van der Waals surface area contributed by atoms with Crippen molar-refractivity contribution in [3.8, 4) is 0 Å². The zero-order valence-electron chi connectivity index (χ0n) is 12.0. The molecule has 0 bridgehead atoms. The number of fused-ring (bicyclic) bond motifs is 1. The van der Waals surface area contributed by atoms with Crippen molar-refractivity contribution in [2.45, 2.75) is 19.4 Å². The SMILES string of the molecule is Fc1ccccc1Cn1cnc2c(NCC3CC3)ncnc21. The Labute approximate surface area is 127 Å². The van der Waals surface area contributed by atoms with E-state index < -0.39 is 0 Å². The molecule has 112 valence electrons. The summed E-state index contributed by atoms with van der Waals surface area (Å²) in [6.07, 6.45) is 5.77. The lowest BCUT2D eigenvalue weighted by molar-refractivity contribution is 0.601. The van der Waals surface area contributed by atoms with Crippen LogP contribution in [0.15, 0.2) is 36.9 Å². The molecule has 1 aliphatic rings. The maximum absolute atomic E-state index is 13.8. The second kappa shape index (κ2) is 5.36. The molecule has 2 heterocycles. The Hall–Kier alpha value is -2.50. The van der Waals surface area contributed by atoms with Crippen LogP contribution in [0.2, 0.25) is 0 Å². The number of rotatable bonds is 5. The smallest absolute Gasteiger partial charge is 0.165 e. The summed E-state index contributed by atoms with van der Waals surface area (Å²) in [5.41, 5.74) is 2.07. The summed E-state index contributed by atoms with van der Waals surface area (Å²) in [4.78, 5) is 13.0. The molecule has 0 unspecified atom stereocenters. The molecule has 0 saturated heterocycles. The molecular formula is C16H16FN5. The van der Waals surface area contributed by atoms with E-state index in [0.29, 0.717) is 12.1 Å². The van der Waals surface area contributed by atoms with Gasteiger partial charge in [-0.2, -0.15) is 0 Å². The van der Waals surface area contributed by atoms with Crippen LogP contribution >= 0.6 is 0 Å². The normalized spacial score (nSPS) is 14.4. The highest BCUT2D eigenvalue weighted by molar-refractivity contribution is 5.82. The molecule has 0 aliphatic heterocycles. The summed E-state index contributed by atoms with van der Waals surface area (Å²) in [6, 6.07) is 6.75. The van der Waals surface area contributed by atoms with Gasteiger partial charge in [-0.3, -0.25) is 0 Å². The average molecular weight is 297 g/mol. The maximum atomic E-state index is 13.8. The minimum absolute atomic E-state index is 0.217. The first-order valence-electron chi connectivity index (χ1n) is 7.44. The van der Waals surface area contributed by atoms with Gasteiger partial charge in [0.15, 0.2) is 11.5 Å².